The van der Waals surface area contributed by atoms with E-state index in [0.717, 1.165) is 16.7 Å². The summed E-state index contributed by atoms with van der Waals surface area (Å²) in [5.41, 5.74) is 16.3. The molecule has 2 aliphatic rings. The van der Waals surface area contributed by atoms with E-state index in [0.29, 0.717) is 17.5 Å². The molecule has 0 unspecified atom stereocenters. The lowest BCUT2D eigenvalue weighted by Crippen LogP contribution is -2.44. The van der Waals surface area contributed by atoms with Crippen LogP contribution in [-0.2, 0) is 16.2 Å². The zero-order chi connectivity index (χ0) is 35.1. The van der Waals surface area contributed by atoms with Crippen molar-refractivity contribution >= 4 is 0 Å². The van der Waals surface area contributed by atoms with Gasteiger partial charge in [-0.05, 0) is 67.1 Å². The van der Waals surface area contributed by atoms with Crippen molar-refractivity contribution in [2.45, 2.75) is 57.8 Å². The van der Waals surface area contributed by atoms with E-state index in [1.54, 1.807) is 0 Å². The first-order valence-electron chi connectivity index (χ1n) is 18.0. The highest BCUT2D eigenvalue weighted by atomic mass is 15.0. The summed E-state index contributed by atoms with van der Waals surface area (Å²) < 4.78 is 0. The van der Waals surface area contributed by atoms with Crippen LogP contribution in [0.5, 0.6) is 0 Å². The lowest BCUT2D eigenvalue weighted by Gasteiger charge is -2.49. The van der Waals surface area contributed by atoms with Gasteiger partial charge in [-0.3, -0.25) is 0 Å². The van der Waals surface area contributed by atoms with Crippen molar-refractivity contribution in [3.63, 3.8) is 0 Å². The van der Waals surface area contributed by atoms with Gasteiger partial charge in [0.15, 0.2) is 17.5 Å². The Morgan fingerprint density at radius 2 is 0.843 bits per heavy atom. The minimum atomic E-state index is -0.126. The zero-order valence-corrected chi connectivity index (χ0v) is 30.1. The summed E-state index contributed by atoms with van der Waals surface area (Å²) >= 11 is 0. The van der Waals surface area contributed by atoms with Gasteiger partial charge in [-0.25, -0.2) is 15.0 Å². The van der Waals surface area contributed by atoms with Crippen molar-refractivity contribution in [1.29, 1.82) is 0 Å². The SMILES string of the molecule is CC1(C)c2cc(-c3ccc(-c4nc(-c5ccccc5)nc(-c5ccccc5)n4)cc3)ccc2-c2c1ccc1c2C(C)(C)C(C)(C)c2ccccc2-1. The van der Waals surface area contributed by atoms with E-state index in [1.807, 2.05) is 60.7 Å². The number of nitrogens with zero attached hydrogens (tertiary/aromatic N) is 3. The molecule has 7 aromatic rings. The predicted octanol–water partition coefficient (Wildman–Crippen LogP) is 12.1. The van der Waals surface area contributed by atoms with E-state index in [2.05, 4.69) is 120 Å². The van der Waals surface area contributed by atoms with E-state index in [9.17, 15) is 0 Å². The first-order valence-corrected chi connectivity index (χ1v) is 18.0. The fourth-order valence-electron chi connectivity index (χ4n) is 8.54. The summed E-state index contributed by atoms with van der Waals surface area (Å²) in [6, 6.07) is 49.8. The third-order valence-corrected chi connectivity index (χ3v) is 12.1. The molecular formula is C48H41N3. The first-order chi connectivity index (χ1) is 24.6. The Morgan fingerprint density at radius 1 is 0.353 bits per heavy atom. The van der Waals surface area contributed by atoms with Crippen LogP contribution in [0, 0.1) is 0 Å². The molecule has 1 heterocycles. The molecule has 6 aromatic carbocycles. The molecule has 0 N–H and O–H groups in total. The molecule has 0 atom stereocenters. The van der Waals surface area contributed by atoms with E-state index in [1.165, 1.54) is 55.6 Å². The smallest absolute Gasteiger partial charge is 0.164 e. The largest absolute Gasteiger partial charge is 0.208 e. The quantitative estimate of drug-likeness (QED) is 0.189. The van der Waals surface area contributed by atoms with E-state index in [-0.39, 0.29) is 16.2 Å². The normalized spacial score (nSPS) is 15.7. The highest BCUT2D eigenvalue weighted by Crippen LogP contribution is 2.61. The van der Waals surface area contributed by atoms with Gasteiger partial charge in [-0.15, -0.1) is 0 Å². The number of hydrogen-bond acceptors (Lipinski definition) is 3. The molecule has 0 radical (unpaired) electrons. The van der Waals surface area contributed by atoms with Crippen molar-refractivity contribution in [3.05, 3.63) is 162 Å². The van der Waals surface area contributed by atoms with Gasteiger partial charge in [-0.1, -0.05) is 175 Å². The maximum absolute atomic E-state index is 4.94. The number of aromatic nitrogens is 3. The van der Waals surface area contributed by atoms with Gasteiger partial charge in [0, 0.05) is 27.5 Å². The fraction of sp³-hybridized carbons (Fsp3) is 0.188. The third kappa shape index (κ3) is 4.68. The van der Waals surface area contributed by atoms with Gasteiger partial charge in [0.1, 0.15) is 0 Å². The van der Waals surface area contributed by atoms with Crippen molar-refractivity contribution in [3.8, 4) is 67.5 Å². The number of rotatable bonds is 4. The molecule has 0 bridgehead atoms. The Hall–Kier alpha value is -5.67. The Kier molecular flexibility index (Phi) is 6.86. The van der Waals surface area contributed by atoms with Crippen LogP contribution in [0.4, 0.5) is 0 Å². The lowest BCUT2D eigenvalue weighted by molar-refractivity contribution is 0.299. The molecule has 9 rings (SSSR count). The van der Waals surface area contributed by atoms with Gasteiger partial charge < -0.3 is 0 Å². The summed E-state index contributed by atoms with van der Waals surface area (Å²) in [7, 11) is 0. The molecule has 3 nitrogen and oxygen atoms in total. The minimum Gasteiger partial charge on any atom is -0.208 e. The second-order valence-corrected chi connectivity index (χ2v) is 15.7. The standard InChI is InChI=1S/C48H41N3/c1-46(2)39-28-27-36-35-19-13-14-20-38(35)47(3,4)48(5,6)42(36)41(39)37-26-25-34(29-40(37)46)30-21-23-33(24-22-30)45-50-43(31-15-9-7-10-16-31)49-44(51-45)32-17-11-8-12-18-32/h7-29H,1-6H3. The van der Waals surface area contributed by atoms with E-state index < -0.39 is 0 Å². The van der Waals surface area contributed by atoms with Crippen LogP contribution in [0.1, 0.15) is 63.8 Å². The summed E-state index contributed by atoms with van der Waals surface area (Å²) in [6.07, 6.45) is 0. The fourth-order valence-corrected chi connectivity index (χ4v) is 8.54. The molecule has 1 aromatic heterocycles. The van der Waals surface area contributed by atoms with Gasteiger partial charge in [-0.2, -0.15) is 0 Å². The van der Waals surface area contributed by atoms with Gasteiger partial charge in [0.2, 0.25) is 0 Å². The average molecular weight is 660 g/mol. The zero-order valence-electron chi connectivity index (χ0n) is 30.1. The molecule has 248 valence electrons. The highest BCUT2D eigenvalue weighted by Gasteiger charge is 2.49. The van der Waals surface area contributed by atoms with Gasteiger partial charge in [0.05, 0.1) is 0 Å². The summed E-state index contributed by atoms with van der Waals surface area (Å²) in [4.78, 5) is 14.7. The van der Waals surface area contributed by atoms with Gasteiger partial charge >= 0.3 is 0 Å². The molecule has 0 aliphatic heterocycles. The van der Waals surface area contributed by atoms with E-state index in [4.69, 9.17) is 15.0 Å². The highest BCUT2D eigenvalue weighted by molar-refractivity contribution is 5.93. The van der Waals surface area contributed by atoms with Crippen LogP contribution in [0.2, 0.25) is 0 Å². The number of hydrogen-bond donors (Lipinski definition) is 0. The summed E-state index contributed by atoms with van der Waals surface area (Å²) in [5, 5.41) is 0. The molecule has 0 saturated carbocycles. The monoisotopic (exact) mass is 659 g/mol. The molecule has 0 saturated heterocycles. The molecule has 0 spiro atoms. The summed E-state index contributed by atoms with van der Waals surface area (Å²) in [5.74, 6) is 2.00. The second kappa shape index (κ2) is 11.2. The Balaban J connectivity index is 1.13. The molecular weight excluding hydrogens is 619 g/mol. The topological polar surface area (TPSA) is 38.7 Å². The van der Waals surface area contributed by atoms with Crippen LogP contribution in [0.25, 0.3) is 67.5 Å². The Bertz CT molecular complexity index is 2410. The lowest BCUT2D eigenvalue weighted by atomic mass is 9.54. The number of benzene rings is 6. The maximum atomic E-state index is 4.94. The first kappa shape index (κ1) is 31.3. The number of fused-ring (bicyclic) bond motifs is 7. The predicted molar refractivity (Wildman–Crippen MR) is 211 cm³/mol. The molecule has 3 heteroatoms. The minimum absolute atomic E-state index is 0.0252. The summed E-state index contributed by atoms with van der Waals surface area (Å²) in [6.45, 7) is 14.5. The van der Waals surface area contributed by atoms with Crippen LogP contribution in [-0.4, -0.2) is 15.0 Å². The molecule has 0 fully saturated rings. The van der Waals surface area contributed by atoms with Gasteiger partial charge in [0.25, 0.3) is 0 Å². The average Bonchev–Trinajstić information content (AvgIpc) is 3.39. The Labute approximate surface area is 301 Å². The van der Waals surface area contributed by atoms with E-state index >= 15 is 0 Å². The molecule has 51 heavy (non-hydrogen) atoms. The van der Waals surface area contributed by atoms with Crippen molar-refractivity contribution in [2.24, 2.45) is 0 Å². The Morgan fingerprint density at radius 3 is 1.45 bits per heavy atom. The van der Waals surface area contributed by atoms with Crippen LogP contribution in [0.3, 0.4) is 0 Å². The molecule has 2 aliphatic carbocycles. The second-order valence-electron chi connectivity index (χ2n) is 15.7. The molecule has 0 amide bonds. The van der Waals surface area contributed by atoms with Crippen molar-refractivity contribution in [1.82, 2.24) is 15.0 Å². The maximum Gasteiger partial charge on any atom is 0.164 e. The van der Waals surface area contributed by atoms with Crippen molar-refractivity contribution in [2.75, 3.05) is 0 Å². The third-order valence-electron chi connectivity index (χ3n) is 12.1. The van der Waals surface area contributed by atoms with Crippen LogP contribution in [0.15, 0.2) is 140 Å². The van der Waals surface area contributed by atoms with Crippen molar-refractivity contribution < 1.29 is 0 Å². The van der Waals surface area contributed by atoms with Crippen LogP contribution >= 0.6 is 0 Å². The van der Waals surface area contributed by atoms with Crippen LogP contribution < -0.4 is 0 Å².